The standard InChI is InChI=1S/C11H14N4O4S/c1-3-14(2)20(18,19)15-9-5-4-7(10(16)17)6-8(9)13-11(15)12/h4-6H,3H2,1-2H3,(H2,12,13)(H,16,17). The predicted octanol–water partition coefficient (Wildman–Crippen LogP) is 0.361. The fraction of sp³-hybridized carbons (Fsp3) is 0.273. The minimum absolute atomic E-state index is 0.0170. The van der Waals surface area contributed by atoms with Gasteiger partial charge in [0, 0.05) is 13.6 Å². The second kappa shape index (κ2) is 4.76. The summed E-state index contributed by atoms with van der Waals surface area (Å²) in [5.74, 6) is -1.32. The minimum Gasteiger partial charge on any atom is -0.478 e. The highest BCUT2D eigenvalue weighted by Crippen LogP contribution is 2.22. The third-order valence-corrected chi connectivity index (χ3v) is 4.85. The number of carboxylic acid groups (broad SMARTS) is 1. The first-order valence-corrected chi connectivity index (χ1v) is 7.16. The van der Waals surface area contributed by atoms with Crippen LogP contribution in [0.5, 0.6) is 0 Å². The molecule has 8 nitrogen and oxygen atoms in total. The number of fused-ring (bicyclic) bond motifs is 1. The number of aromatic carboxylic acids is 1. The van der Waals surface area contributed by atoms with Gasteiger partial charge in [-0.15, -0.1) is 0 Å². The van der Waals surface area contributed by atoms with Crippen LogP contribution in [-0.2, 0) is 10.2 Å². The monoisotopic (exact) mass is 298 g/mol. The molecular weight excluding hydrogens is 284 g/mol. The lowest BCUT2D eigenvalue weighted by molar-refractivity contribution is 0.0697. The van der Waals surface area contributed by atoms with Crippen LogP contribution in [0.4, 0.5) is 5.95 Å². The van der Waals surface area contributed by atoms with Crippen molar-refractivity contribution in [3.63, 3.8) is 0 Å². The van der Waals surface area contributed by atoms with Crippen molar-refractivity contribution < 1.29 is 18.3 Å². The van der Waals surface area contributed by atoms with E-state index in [4.69, 9.17) is 10.8 Å². The number of nitrogens with zero attached hydrogens (tertiary/aromatic N) is 3. The van der Waals surface area contributed by atoms with Gasteiger partial charge in [-0.1, -0.05) is 6.92 Å². The van der Waals surface area contributed by atoms with Crippen LogP contribution in [0.15, 0.2) is 18.2 Å². The summed E-state index contributed by atoms with van der Waals surface area (Å²) in [5.41, 5.74) is 6.14. The smallest absolute Gasteiger partial charge is 0.335 e. The van der Waals surface area contributed by atoms with Crippen molar-refractivity contribution in [1.82, 2.24) is 13.3 Å². The molecule has 108 valence electrons. The van der Waals surface area contributed by atoms with Crippen molar-refractivity contribution in [1.29, 1.82) is 0 Å². The molecule has 0 atom stereocenters. The highest BCUT2D eigenvalue weighted by Gasteiger charge is 2.24. The normalized spacial score (nSPS) is 12.2. The molecule has 3 N–H and O–H groups in total. The summed E-state index contributed by atoms with van der Waals surface area (Å²) in [4.78, 5) is 14.8. The van der Waals surface area contributed by atoms with Gasteiger partial charge in [-0.3, -0.25) is 0 Å². The Morgan fingerprint density at radius 3 is 2.70 bits per heavy atom. The molecule has 1 aromatic carbocycles. The Morgan fingerprint density at radius 2 is 2.15 bits per heavy atom. The van der Waals surface area contributed by atoms with Crippen LogP contribution >= 0.6 is 0 Å². The molecule has 1 heterocycles. The number of benzene rings is 1. The van der Waals surface area contributed by atoms with Gasteiger partial charge in [-0.25, -0.2) is 9.78 Å². The Bertz CT molecular complexity index is 781. The molecule has 0 radical (unpaired) electrons. The van der Waals surface area contributed by atoms with Crippen molar-refractivity contribution in [2.75, 3.05) is 19.3 Å². The SMILES string of the molecule is CCN(C)S(=O)(=O)n1c(N)nc2cc(C(=O)O)ccc21. The Morgan fingerprint density at radius 1 is 1.50 bits per heavy atom. The first-order valence-electron chi connectivity index (χ1n) is 5.77. The molecule has 0 aliphatic carbocycles. The van der Waals surface area contributed by atoms with Gasteiger partial charge < -0.3 is 10.8 Å². The van der Waals surface area contributed by atoms with Gasteiger partial charge in [0.05, 0.1) is 16.6 Å². The van der Waals surface area contributed by atoms with E-state index in [0.717, 1.165) is 8.28 Å². The largest absolute Gasteiger partial charge is 0.478 e. The summed E-state index contributed by atoms with van der Waals surface area (Å²) in [7, 11) is -2.40. The molecule has 0 spiro atoms. The maximum absolute atomic E-state index is 12.3. The van der Waals surface area contributed by atoms with E-state index in [0.29, 0.717) is 0 Å². The molecule has 0 aliphatic heterocycles. The first kappa shape index (κ1) is 14.3. The average molecular weight is 298 g/mol. The Labute approximate surface area is 115 Å². The van der Waals surface area contributed by atoms with Gasteiger partial charge in [0.15, 0.2) is 0 Å². The maximum Gasteiger partial charge on any atom is 0.335 e. The van der Waals surface area contributed by atoms with Crippen LogP contribution in [0.3, 0.4) is 0 Å². The number of anilines is 1. The van der Waals surface area contributed by atoms with Crippen molar-refractivity contribution in [2.45, 2.75) is 6.92 Å². The van der Waals surface area contributed by atoms with Crippen molar-refractivity contribution >= 4 is 33.2 Å². The topological polar surface area (TPSA) is 119 Å². The third kappa shape index (κ3) is 2.10. The molecule has 0 bridgehead atoms. The number of imidazole rings is 1. The van der Waals surface area contributed by atoms with E-state index in [1.54, 1.807) is 6.92 Å². The molecule has 0 saturated heterocycles. The highest BCUT2D eigenvalue weighted by molar-refractivity contribution is 7.87. The molecule has 0 amide bonds. The Kier molecular flexibility index (Phi) is 3.40. The quantitative estimate of drug-likeness (QED) is 0.841. The number of hydrogen-bond donors (Lipinski definition) is 2. The summed E-state index contributed by atoms with van der Waals surface area (Å²) >= 11 is 0. The van der Waals surface area contributed by atoms with Gasteiger partial charge >= 0.3 is 16.2 Å². The number of hydrogen-bond acceptors (Lipinski definition) is 5. The lowest BCUT2D eigenvalue weighted by Gasteiger charge is -2.16. The lowest BCUT2D eigenvalue weighted by atomic mass is 10.2. The molecule has 0 saturated carbocycles. The van der Waals surface area contributed by atoms with Crippen LogP contribution in [0, 0.1) is 0 Å². The highest BCUT2D eigenvalue weighted by atomic mass is 32.2. The average Bonchev–Trinajstić information content (AvgIpc) is 2.72. The Balaban J connectivity index is 2.73. The fourth-order valence-electron chi connectivity index (χ4n) is 1.75. The summed E-state index contributed by atoms with van der Waals surface area (Å²) in [5, 5.41) is 8.91. The van der Waals surface area contributed by atoms with Gasteiger partial charge in [-0.05, 0) is 18.2 Å². The number of nitrogens with two attached hydrogens (primary N) is 1. The van der Waals surface area contributed by atoms with E-state index >= 15 is 0 Å². The van der Waals surface area contributed by atoms with Crippen molar-refractivity contribution in [2.24, 2.45) is 0 Å². The second-order valence-electron chi connectivity index (χ2n) is 4.16. The maximum atomic E-state index is 12.3. The molecule has 2 aromatic rings. The van der Waals surface area contributed by atoms with Gasteiger partial charge in [0.1, 0.15) is 0 Å². The number of nitrogen functional groups attached to an aromatic ring is 1. The zero-order chi connectivity index (χ0) is 15.1. The molecular formula is C11H14N4O4S. The number of aromatic nitrogens is 2. The van der Waals surface area contributed by atoms with Crippen molar-refractivity contribution in [3.8, 4) is 0 Å². The predicted molar refractivity (Wildman–Crippen MR) is 73.7 cm³/mol. The molecule has 0 fully saturated rings. The van der Waals surface area contributed by atoms with Gasteiger partial charge in [0.2, 0.25) is 5.95 Å². The molecule has 0 unspecified atom stereocenters. The molecule has 9 heteroatoms. The van der Waals surface area contributed by atoms with E-state index in [2.05, 4.69) is 4.98 Å². The van der Waals surface area contributed by atoms with E-state index in [1.165, 1.54) is 25.2 Å². The molecule has 0 aliphatic rings. The summed E-state index contributed by atoms with van der Waals surface area (Å²) < 4.78 is 26.7. The third-order valence-electron chi connectivity index (χ3n) is 2.95. The zero-order valence-corrected chi connectivity index (χ0v) is 11.8. The van der Waals surface area contributed by atoms with E-state index in [-0.39, 0.29) is 29.1 Å². The zero-order valence-electron chi connectivity index (χ0n) is 10.9. The van der Waals surface area contributed by atoms with Crippen molar-refractivity contribution in [3.05, 3.63) is 23.8 Å². The fourth-order valence-corrected chi connectivity index (χ4v) is 3.04. The van der Waals surface area contributed by atoms with Crippen LogP contribution in [0.25, 0.3) is 11.0 Å². The lowest BCUT2D eigenvalue weighted by Crippen LogP contribution is -2.32. The van der Waals surface area contributed by atoms with E-state index < -0.39 is 16.2 Å². The van der Waals surface area contributed by atoms with E-state index in [1.807, 2.05) is 0 Å². The summed E-state index contributed by atoms with van der Waals surface area (Å²) in [6, 6.07) is 3.97. The molecule has 20 heavy (non-hydrogen) atoms. The minimum atomic E-state index is -3.82. The molecule has 2 rings (SSSR count). The summed E-state index contributed by atoms with van der Waals surface area (Å²) in [6.07, 6.45) is 0. The van der Waals surface area contributed by atoms with Gasteiger partial charge in [0.25, 0.3) is 0 Å². The van der Waals surface area contributed by atoms with Crippen LogP contribution in [0.2, 0.25) is 0 Å². The van der Waals surface area contributed by atoms with Crippen LogP contribution < -0.4 is 5.73 Å². The summed E-state index contributed by atoms with van der Waals surface area (Å²) in [6.45, 7) is 1.96. The number of carboxylic acids is 1. The Hall–Kier alpha value is -2.13. The first-order chi connectivity index (χ1) is 9.28. The number of rotatable bonds is 4. The second-order valence-corrected chi connectivity index (χ2v) is 6.05. The number of carbonyl (C=O) groups is 1. The van der Waals surface area contributed by atoms with Crippen LogP contribution in [0.1, 0.15) is 17.3 Å². The van der Waals surface area contributed by atoms with Crippen LogP contribution in [-0.4, -0.2) is 46.3 Å². The van der Waals surface area contributed by atoms with E-state index in [9.17, 15) is 13.2 Å². The van der Waals surface area contributed by atoms with Gasteiger partial charge in [-0.2, -0.15) is 16.7 Å². The molecule has 1 aromatic heterocycles.